The SMILES string of the molecule is Cc1nc(N(CC2CC2)CC2CCCN2)cc(=O)[nH]1. The maximum absolute atomic E-state index is 11.6. The van der Waals surface area contributed by atoms with E-state index in [0.717, 1.165) is 31.4 Å². The summed E-state index contributed by atoms with van der Waals surface area (Å²) in [6.07, 6.45) is 5.11. The quantitative estimate of drug-likeness (QED) is 0.832. The molecule has 1 aromatic heterocycles. The third-order valence-corrected chi connectivity index (χ3v) is 3.95. The number of aromatic nitrogens is 2. The zero-order valence-electron chi connectivity index (χ0n) is 11.5. The fourth-order valence-corrected chi connectivity index (χ4v) is 2.78. The van der Waals surface area contributed by atoms with E-state index >= 15 is 0 Å². The highest BCUT2D eigenvalue weighted by molar-refractivity contribution is 5.38. The van der Waals surface area contributed by atoms with Crippen molar-refractivity contribution in [2.75, 3.05) is 24.5 Å². The van der Waals surface area contributed by atoms with Crippen LogP contribution >= 0.6 is 0 Å². The number of nitrogens with one attached hydrogen (secondary N) is 2. The normalized spacial score (nSPS) is 22.7. The predicted octanol–water partition coefficient (Wildman–Crippen LogP) is 1.05. The highest BCUT2D eigenvalue weighted by Gasteiger charge is 2.27. The summed E-state index contributed by atoms with van der Waals surface area (Å²) in [5.41, 5.74) is -0.0531. The average Bonchev–Trinajstić information content (AvgIpc) is 3.01. The lowest BCUT2D eigenvalue weighted by Gasteiger charge is -2.27. The van der Waals surface area contributed by atoms with Crippen molar-refractivity contribution in [3.63, 3.8) is 0 Å². The van der Waals surface area contributed by atoms with Crippen LogP contribution in [-0.4, -0.2) is 35.6 Å². The predicted molar refractivity (Wildman–Crippen MR) is 75.6 cm³/mol. The maximum atomic E-state index is 11.6. The van der Waals surface area contributed by atoms with Gasteiger partial charge in [-0.25, -0.2) is 4.98 Å². The van der Waals surface area contributed by atoms with E-state index in [-0.39, 0.29) is 5.56 Å². The summed E-state index contributed by atoms with van der Waals surface area (Å²) in [5.74, 6) is 2.33. The van der Waals surface area contributed by atoms with Crippen molar-refractivity contribution >= 4 is 5.82 Å². The molecule has 2 fully saturated rings. The molecule has 1 saturated heterocycles. The first-order chi connectivity index (χ1) is 9.20. The number of aryl methyl sites for hydroxylation is 1. The topological polar surface area (TPSA) is 61.0 Å². The van der Waals surface area contributed by atoms with E-state index in [4.69, 9.17) is 0 Å². The Morgan fingerprint density at radius 2 is 2.21 bits per heavy atom. The van der Waals surface area contributed by atoms with Crippen molar-refractivity contribution in [1.82, 2.24) is 15.3 Å². The van der Waals surface area contributed by atoms with Crippen molar-refractivity contribution in [3.05, 3.63) is 22.2 Å². The molecule has 104 valence electrons. The summed E-state index contributed by atoms with van der Waals surface area (Å²) in [7, 11) is 0. The molecule has 2 N–H and O–H groups in total. The molecule has 0 radical (unpaired) electrons. The Labute approximate surface area is 113 Å². The highest BCUT2D eigenvalue weighted by atomic mass is 16.1. The van der Waals surface area contributed by atoms with Gasteiger partial charge in [-0.1, -0.05) is 0 Å². The molecule has 1 aliphatic heterocycles. The van der Waals surface area contributed by atoms with Crippen molar-refractivity contribution in [2.45, 2.75) is 38.6 Å². The number of rotatable bonds is 5. The fourth-order valence-electron chi connectivity index (χ4n) is 2.78. The summed E-state index contributed by atoms with van der Waals surface area (Å²) in [5, 5.41) is 3.52. The minimum Gasteiger partial charge on any atom is -0.355 e. The van der Waals surface area contributed by atoms with Crippen molar-refractivity contribution < 1.29 is 0 Å². The molecule has 1 atom stereocenters. The van der Waals surface area contributed by atoms with Crippen LogP contribution in [0.15, 0.2) is 10.9 Å². The van der Waals surface area contributed by atoms with Crippen molar-refractivity contribution in [3.8, 4) is 0 Å². The minimum atomic E-state index is -0.0531. The molecule has 2 aliphatic rings. The van der Waals surface area contributed by atoms with Crippen LogP contribution < -0.4 is 15.8 Å². The van der Waals surface area contributed by atoms with Crippen LogP contribution in [0.25, 0.3) is 0 Å². The Morgan fingerprint density at radius 3 is 2.84 bits per heavy atom. The molecular formula is C14H22N4O. The standard InChI is InChI=1S/C14H22N4O/c1-10-16-13(7-14(19)17-10)18(8-11-4-5-11)9-12-3-2-6-15-12/h7,11-12,15H,2-6,8-9H2,1H3,(H,16,17,19). The second-order valence-corrected chi connectivity index (χ2v) is 5.83. The van der Waals surface area contributed by atoms with Gasteiger partial charge in [0.15, 0.2) is 0 Å². The smallest absolute Gasteiger partial charge is 0.252 e. The molecule has 1 saturated carbocycles. The number of hydrogen-bond donors (Lipinski definition) is 2. The molecule has 3 rings (SSSR count). The molecule has 0 amide bonds. The minimum absolute atomic E-state index is 0.0531. The number of hydrogen-bond acceptors (Lipinski definition) is 4. The van der Waals surface area contributed by atoms with Gasteiger partial charge in [0.05, 0.1) is 0 Å². The molecular weight excluding hydrogens is 240 g/mol. The number of nitrogens with zero attached hydrogens (tertiary/aromatic N) is 2. The first-order valence-electron chi connectivity index (χ1n) is 7.27. The third kappa shape index (κ3) is 3.35. The van der Waals surface area contributed by atoms with Gasteiger partial charge < -0.3 is 15.2 Å². The second kappa shape index (κ2) is 5.33. The Bertz CT molecular complexity index is 488. The highest BCUT2D eigenvalue weighted by Crippen LogP contribution is 2.31. The van der Waals surface area contributed by atoms with E-state index in [9.17, 15) is 4.79 Å². The van der Waals surface area contributed by atoms with Gasteiger partial charge in [-0.3, -0.25) is 4.79 Å². The molecule has 0 aromatic carbocycles. The number of H-pyrrole nitrogens is 1. The lowest BCUT2D eigenvalue weighted by atomic mass is 10.2. The summed E-state index contributed by atoms with van der Waals surface area (Å²) in [6, 6.07) is 2.17. The molecule has 2 heterocycles. The Kier molecular flexibility index (Phi) is 3.55. The summed E-state index contributed by atoms with van der Waals surface area (Å²) >= 11 is 0. The summed E-state index contributed by atoms with van der Waals surface area (Å²) in [6.45, 7) is 4.96. The molecule has 5 nitrogen and oxygen atoms in total. The van der Waals surface area contributed by atoms with Gasteiger partial charge in [0.1, 0.15) is 11.6 Å². The largest absolute Gasteiger partial charge is 0.355 e. The van der Waals surface area contributed by atoms with Crippen LogP contribution in [0.3, 0.4) is 0 Å². The van der Waals surface area contributed by atoms with E-state index in [1.807, 2.05) is 6.92 Å². The van der Waals surface area contributed by atoms with E-state index in [0.29, 0.717) is 11.9 Å². The lowest BCUT2D eigenvalue weighted by molar-refractivity contribution is 0.566. The Balaban J connectivity index is 1.77. The Morgan fingerprint density at radius 1 is 1.37 bits per heavy atom. The molecule has 5 heteroatoms. The van der Waals surface area contributed by atoms with Gasteiger partial charge in [0.25, 0.3) is 5.56 Å². The molecule has 1 aromatic rings. The van der Waals surface area contributed by atoms with Gasteiger partial charge in [-0.05, 0) is 45.1 Å². The number of anilines is 1. The van der Waals surface area contributed by atoms with Crippen molar-refractivity contribution in [1.29, 1.82) is 0 Å². The molecule has 19 heavy (non-hydrogen) atoms. The first kappa shape index (κ1) is 12.7. The summed E-state index contributed by atoms with van der Waals surface area (Å²) in [4.78, 5) is 21.1. The zero-order valence-corrected chi connectivity index (χ0v) is 11.5. The van der Waals surface area contributed by atoms with Crippen molar-refractivity contribution in [2.24, 2.45) is 5.92 Å². The van der Waals surface area contributed by atoms with Crippen LogP contribution in [0.1, 0.15) is 31.5 Å². The van der Waals surface area contributed by atoms with Gasteiger partial charge in [0, 0.05) is 25.2 Å². The third-order valence-electron chi connectivity index (χ3n) is 3.95. The van der Waals surface area contributed by atoms with Crippen LogP contribution in [-0.2, 0) is 0 Å². The van der Waals surface area contributed by atoms with Gasteiger partial charge in [0.2, 0.25) is 0 Å². The van der Waals surface area contributed by atoms with Crippen LogP contribution in [0.2, 0.25) is 0 Å². The fraction of sp³-hybridized carbons (Fsp3) is 0.714. The first-order valence-corrected chi connectivity index (χ1v) is 7.27. The lowest BCUT2D eigenvalue weighted by Crippen LogP contribution is -2.39. The van der Waals surface area contributed by atoms with Gasteiger partial charge in [-0.15, -0.1) is 0 Å². The van der Waals surface area contributed by atoms with E-state index in [2.05, 4.69) is 20.2 Å². The van der Waals surface area contributed by atoms with E-state index < -0.39 is 0 Å². The molecule has 1 aliphatic carbocycles. The summed E-state index contributed by atoms with van der Waals surface area (Å²) < 4.78 is 0. The van der Waals surface area contributed by atoms with Gasteiger partial charge in [-0.2, -0.15) is 0 Å². The monoisotopic (exact) mass is 262 g/mol. The van der Waals surface area contributed by atoms with E-state index in [1.165, 1.54) is 25.7 Å². The van der Waals surface area contributed by atoms with Crippen LogP contribution in [0.4, 0.5) is 5.82 Å². The Hall–Kier alpha value is -1.36. The van der Waals surface area contributed by atoms with Crippen LogP contribution in [0.5, 0.6) is 0 Å². The maximum Gasteiger partial charge on any atom is 0.252 e. The second-order valence-electron chi connectivity index (χ2n) is 5.83. The van der Waals surface area contributed by atoms with Gasteiger partial charge >= 0.3 is 0 Å². The van der Waals surface area contributed by atoms with Crippen LogP contribution in [0, 0.1) is 12.8 Å². The molecule has 0 spiro atoms. The molecule has 0 bridgehead atoms. The number of aromatic amines is 1. The zero-order chi connectivity index (χ0) is 13.2. The average molecular weight is 262 g/mol. The van der Waals surface area contributed by atoms with E-state index in [1.54, 1.807) is 6.07 Å². The molecule has 1 unspecified atom stereocenters.